The number of hydrogen-bond donors (Lipinski definition) is 2. The monoisotopic (exact) mass is 413 g/mol. The summed E-state index contributed by atoms with van der Waals surface area (Å²) < 4.78 is 38.6. The Labute approximate surface area is 171 Å². The van der Waals surface area contributed by atoms with Gasteiger partial charge in [0.05, 0.1) is 17.4 Å². The molecule has 0 aliphatic carbocycles. The van der Waals surface area contributed by atoms with E-state index < -0.39 is 23.6 Å². The number of pyridine rings is 1. The second kappa shape index (κ2) is 8.36. The van der Waals surface area contributed by atoms with Gasteiger partial charge in [-0.2, -0.15) is 13.2 Å². The average Bonchev–Trinajstić information content (AvgIpc) is 2.69. The van der Waals surface area contributed by atoms with Crippen LogP contribution in [0.3, 0.4) is 0 Å². The lowest BCUT2D eigenvalue weighted by Crippen LogP contribution is -2.16. The van der Waals surface area contributed by atoms with E-state index in [-0.39, 0.29) is 11.3 Å². The first kappa shape index (κ1) is 21.0. The summed E-state index contributed by atoms with van der Waals surface area (Å²) in [5.74, 6) is -1.10. The fourth-order valence-corrected chi connectivity index (χ4v) is 2.81. The van der Waals surface area contributed by atoms with E-state index in [0.29, 0.717) is 16.8 Å². The molecule has 0 saturated carbocycles. The van der Waals surface area contributed by atoms with Crippen LogP contribution < -0.4 is 10.6 Å². The minimum Gasteiger partial charge on any atom is -0.322 e. The highest BCUT2D eigenvalue weighted by Gasteiger charge is 2.30. The van der Waals surface area contributed by atoms with Gasteiger partial charge in [0.1, 0.15) is 0 Å². The summed E-state index contributed by atoms with van der Waals surface area (Å²) in [4.78, 5) is 29.0. The van der Waals surface area contributed by atoms with Gasteiger partial charge in [-0.1, -0.05) is 12.1 Å². The van der Waals surface area contributed by atoms with Crippen LogP contribution in [0.4, 0.5) is 24.5 Å². The van der Waals surface area contributed by atoms with E-state index in [9.17, 15) is 22.8 Å². The minimum atomic E-state index is -4.55. The van der Waals surface area contributed by atoms with E-state index in [0.717, 1.165) is 17.7 Å². The van der Waals surface area contributed by atoms with Crippen molar-refractivity contribution >= 4 is 23.2 Å². The third kappa shape index (κ3) is 5.02. The quantitative estimate of drug-likeness (QED) is 0.616. The number of alkyl halides is 3. The lowest BCUT2D eigenvalue weighted by atomic mass is 10.1. The first-order chi connectivity index (χ1) is 14.1. The van der Waals surface area contributed by atoms with E-state index in [1.54, 1.807) is 31.3 Å². The van der Waals surface area contributed by atoms with E-state index in [1.165, 1.54) is 24.4 Å². The van der Waals surface area contributed by atoms with Gasteiger partial charge in [0.25, 0.3) is 11.8 Å². The summed E-state index contributed by atoms with van der Waals surface area (Å²) in [5, 5.41) is 5.27. The molecular weight excluding hydrogens is 395 g/mol. The van der Waals surface area contributed by atoms with Crippen molar-refractivity contribution in [3.05, 3.63) is 88.7 Å². The second-order valence-electron chi connectivity index (χ2n) is 6.77. The molecule has 8 heteroatoms. The summed E-state index contributed by atoms with van der Waals surface area (Å²) in [7, 11) is 0. The maximum atomic E-state index is 12.9. The highest BCUT2D eigenvalue weighted by Crippen LogP contribution is 2.29. The molecule has 0 atom stereocenters. The van der Waals surface area contributed by atoms with Gasteiger partial charge in [-0.15, -0.1) is 0 Å². The van der Waals surface area contributed by atoms with Crippen molar-refractivity contribution < 1.29 is 22.8 Å². The SMILES string of the molecule is Cc1cncc(NC(=O)c2cc(NC(=O)c3cccc(C(F)(F)F)c3)ccc2C)c1. The van der Waals surface area contributed by atoms with Crippen molar-refractivity contribution in [3.8, 4) is 0 Å². The molecule has 0 saturated heterocycles. The van der Waals surface area contributed by atoms with Crippen molar-refractivity contribution in [2.24, 2.45) is 0 Å². The van der Waals surface area contributed by atoms with Gasteiger partial charge in [0, 0.05) is 23.0 Å². The maximum absolute atomic E-state index is 12.9. The van der Waals surface area contributed by atoms with Crippen LogP contribution in [-0.4, -0.2) is 16.8 Å². The predicted molar refractivity (Wildman–Crippen MR) is 108 cm³/mol. The molecule has 3 rings (SSSR count). The molecule has 2 N–H and O–H groups in total. The Morgan fingerprint density at radius 1 is 0.867 bits per heavy atom. The number of hydrogen-bond acceptors (Lipinski definition) is 3. The average molecular weight is 413 g/mol. The smallest absolute Gasteiger partial charge is 0.322 e. The number of carbonyl (C=O) groups is 2. The molecule has 154 valence electrons. The first-order valence-corrected chi connectivity index (χ1v) is 8.96. The number of anilines is 2. The minimum absolute atomic E-state index is 0.137. The summed E-state index contributed by atoms with van der Waals surface area (Å²) in [5.41, 5.74) is 1.64. The van der Waals surface area contributed by atoms with Gasteiger partial charge in [0.15, 0.2) is 0 Å². The Morgan fingerprint density at radius 3 is 2.30 bits per heavy atom. The molecule has 2 aromatic carbocycles. The highest BCUT2D eigenvalue weighted by atomic mass is 19.4. The molecule has 0 aliphatic heterocycles. The van der Waals surface area contributed by atoms with Gasteiger partial charge in [-0.25, -0.2) is 0 Å². The number of nitrogens with zero attached hydrogens (tertiary/aromatic N) is 1. The molecular formula is C22H18F3N3O2. The molecule has 2 amide bonds. The zero-order valence-electron chi connectivity index (χ0n) is 16.2. The van der Waals surface area contributed by atoms with Gasteiger partial charge in [0.2, 0.25) is 0 Å². The first-order valence-electron chi connectivity index (χ1n) is 8.96. The van der Waals surface area contributed by atoms with Gasteiger partial charge in [-0.3, -0.25) is 14.6 Å². The normalized spacial score (nSPS) is 11.1. The standard InChI is InChI=1S/C22H18F3N3O2/c1-13-8-18(12-26-11-13)28-21(30)19-10-17(7-6-14(19)2)27-20(29)15-4-3-5-16(9-15)22(23,24)25/h3-12H,1-2H3,(H,27,29)(H,28,30). The van der Waals surface area contributed by atoms with Gasteiger partial charge >= 0.3 is 6.18 Å². The summed E-state index contributed by atoms with van der Waals surface area (Å²) in [6.07, 6.45) is -1.37. The molecule has 0 unspecified atom stereocenters. The van der Waals surface area contributed by atoms with Crippen LogP contribution in [0.25, 0.3) is 0 Å². The Bertz CT molecular complexity index is 1110. The fraction of sp³-hybridized carbons (Fsp3) is 0.136. The van der Waals surface area contributed by atoms with E-state index in [4.69, 9.17) is 0 Å². The van der Waals surface area contributed by atoms with Crippen molar-refractivity contribution in [2.45, 2.75) is 20.0 Å². The third-order valence-corrected chi connectivity index (χ3v) is 4.32. The van der Waals surface area contributed by atoms with Crippen LogP contribution in [0.5, 0.6) is 0 Å². The Morgan fingerprint density at radius 2 is 1.60 bits per heavy atom. The predicted octanol–water partition coefficient (Wildman–Crippen LogP) is 5.22. The molecule has 0 aliphatic rings. The van der Waals surface area contributed by atoms with Crippen molar-refractivity contribution in [1.82, 2.24) is 4.98 Å². The largest absolute Gasteiger partial charge is 0.416 e. The Balaban J connectivity index is 1.80. The van der Waals surface area contributed by atoms with Crippen molar-refractivity contribution in [2.75, 3.05) is 10.6 Å². The number of rotatable bonds is 4. The number of carbonyl (C=O) groups excluding carboxylic acids is 2. The van der Waals surface area contributed by atoms with Crippen LogP contribution in [0.15, 0.2) is 60.9 Å². The summed E-state index contributed by atoms with van der Waals surface area (Å²) >= 11 is 0. The number of benzene rings is 2. The Hall–Kier alpha value is -3.68. The zero-order valence-corrected chi connectivity index (χ0v) is 16.2. The fourth-order valence-electron chi connectivity index (χ4n) is 2.81. The van der Waals surface area contributed by atoms with Gasteiger partial charge in [-0.05, 0) is 61.4 Å². The van der Waals surface area contributed by atoms with Crippen LogP contribution in [0.1, 0.15) is 37.4 Å². The molecule has 0 radical (unpaired) electrons. The number of aromatic nitrogens is 1. The highest BCUT2D eigenvalue weighted by molar-refractivity contribution is 6.08. The molecule has 30 heavy (non-hydrogen) atoms. The molecule has 0 bridgehead atoms. The van der Waals surface area contributed by atoms with E-state index in [1.807, 2.05) is 6.92 Å². The number of amides is 2. The van der Waals surface area contributed by atoms with Gasteiger partial charge < -0.3 is 10.6 Å². The second-order valence-corrected chi connectivity index (χ2v) is 6.77. The summed E-state index contributed by atoms with van der Waals surface area (Å²) in [6.45, 7) is 3.58. The lowest BCUT2D eigenvalue weighted by Gasteiger charge is -2.12. The number of aryl methyl sites for hydroxylation is 2. The Kier molecular flexibility index (Phi) is 5.86. The molecule has 1 aromatic heterocycles. The van der Waals surface area contributed by atoms with Crippen molar-refractivity contribution in [1.29, 1.82) is 0 Å². The maximum Gasteiger partial charge on any atom is 0.416 e. The molecule has 3 aromatic rings. The van der Waals surface area contributed by atoms with Crippen LogP contribution in [0.2, 0.25) is 0 Å². The molecule has 1 heterocycles. The van der Waals surface area contributed by atoms with Crippen LogP contribution in [0, 0.1) is 13.8 Å². The topological polar surface area (TPSA) is 71.1 Å². The molecule has 5 nitrogen and oxygen atoms in total. The number of halogens is 3. The molecule has 0 spiro atoms. The molecule has 0 fully saturated rings. The summed E-state index contributed by atoms with van der Waals surface area (Å²) in [6, 6.07) is 10.6. The van der Waals surface area contributed by atoms with E-state index >= 15 is 0 Å². The zero-order chi connectivity index (χ0) is 21.9. The number of nitrogens with one attached hydrogen (secondary N) is 2. The lowest BCUT2D eigenvalue weighted by molar-refractivity contribution is -0.137. The van der Waals surface area contributed by atoms with E-state index in [2.05, 4.69) is 15.6 Å². The third-order valence-electron chi connectivity index (χ3n) is 4.32. The van der Waals surface area contributed by atoms with Crippen molar-refractivity contribution in [3.63, 3.8) is 0 Å². The van der Waals surface area contributed by atoms with Crippen LogP contribution in [-0.2, 0) is 6.18 Å². The van der Waals surface area contributed by atoms with Crippen LogP contribution >= 0.6 is 0 Å².